The smallest absolute Gasteiger partial charge is 0.264 e. The van der Waals surface area contributed by atoms with Crippen molar-refractivity contribution in [2.24, 2.45) is 5.92 Å². The van der Waals surface area contributed by atoms with Crippen LogP contribution in [0.4, 0.5) is 5.00 Å². The number of amides is 2. The molecule has 6 heteroatoms. The third kappa shape index (κ3) is 3.33. The second-order valence-electron chi connectivity index (χ2n) is 4.93. The van der Waals surface area contributed by atoms with Crippen LogP contribution < -0.4 is 5.32 Å². The quantitative estimate of drug-likeness (QED) is 0.864. The van der Waals surface area contributed by atoms with Gasteiger partial charge in [-0.3, -0.25) is 9.59 Å². The molecule has 1 aromatic rings. The Balaban J connectivity index is 2.03. The SMILES string of the molecule is CC(=O)Nc1ccc(C(=O)N2CCC(O)C(C)C2)s1. The van der Waals surface area contributed by atoms with Gasteiger partial charge in [-0.1, -0.05) is 6.92 Å². The Kier molecular flexibility index (Phi) is 4.21. The molecule has 5 nitrogen and oxygen atoms in total. The number of likely N-dealkylation sites (tertiary alicyclic amines) is 1. The fraction of sp³-hybridized carbons (Fsp3) is 0.538. The molecule has 104 valence electrons. The average Bonchev–Trinajstić information content (AvgIpc) is 2.79. The summed E-state index contributed by atoms with van der Waals surface area (Å²) in [5.74, 6) is -0.0663. The van der Waals surface area contributed by atoms with Crippen molar-refractivity contribution in [3.05, 3.63) is 17.0 Å². The summed E-state index contributed by atoms with van der Waals surface area (Å²) in [7, 11) is 0. The molecule has 0 aliphatic carbocycles. The lowest BCUT2D eigenvalue weighted by atomic mass is 9.97. The molecule has 2 amide bonds. The Morgan fingerprint density at radius 2 is 2.21 bits per heavy atom. The first-order valence-corrected chi connectivity index (χ1v) is 7.14. The molecule has 2 atom stereocenters. The summed E-state index contributed by atoms with van der Waals surface area (Å²) in [4.78, 5) is 25.6. The van der Waals surface area contributed by atoms with Crippen molar-refractivity contribution in [3.63, 3.8) is 0 Å². The van der Waals surface area contributed by atoms with Crippen molar-refractivity contribution in [2.75, 3.05) is 18.4 Å². The molecule has 0 bridgehead atoms. The third-order valence-electron chi connectivity index (χ3n) is 3.26. The molecular formula is C13H18N2O3S. The van der Waals surface area contributed by atoms with E-state index in [-0.39, 0.29) is 23.8 Å². The summed E-state index contributed by atoms with van der Waals surface area (Å²) in [6.45, 7) is 4.54. The zero-order valence-electron chi connectivity index (χ0n) is 11.0. The number of rotatable bonds is 2. The zero-order chi connectivity index (χ0) is 14.0. The number of hydrogen-bond acceptors (Lipinski definition) is 4. The normalized spacial score (nSPS) is 23.2. The van der Waals surface area contributed by atoms with Gasteiger partial charge in [0.1, 0.15) is 0 Å². The van der Waals surface area contributed by atoms with E-state index in [9.17, 15) is 14.7 Å². The number of aliphatic hydroxyl groups excluding tert-OH is 1. The van der Waals surface area contributed by atoms with Gasteiger partial charge in [-0.25, -0.2) is 0 Å². The number of thiophene rings is 1. The van der Waals surface area contributed by atoms with Crippen LogP contribution in [0.2, 0.25) is 0 Å². The monoisotopic (exact) mass is 282 g/mol. The molecule has 19 heavy (non-hydrogen) atoms. The lowest BCUT2D eigenvalue weighted by Crippen LogP contribution is -2.44. The van der Waals surface area contributed by atoms with Crippen molar-refractivity contribution >= 4 is 28.2 Å². The number of carbonyl (C=O) groups excluding carboxylic acids is 2. The lowest BCUT2D eigenvalue weighted by molar-refractivity contribution is -0.114. The maximum atomic E-state index is 12.3. The lowest BCUT2D eigenvalue weighted by Gasteiger charge is -2.34. The van der Waals surface area contributed by atoms with Gasteiger partial charge in [0, 0.05) is 20.0 Å². The minimum atomic E-state index is -0.317. The van der Waals surface area contributed by atoms with Gasteiger partial charge in [-0.2, -0.15) is 0 Å². The van der Waals surface area contributed by atoms with E-state index < -0.39 is 0 Å². The molecule has 1 aromatic heterocycles. The first kappa shape index (κ1) is 14.0. The van der Waals surface area contributed by atoms with Crippen LogP contribution in [-0.4, -0.2) is 41.0 Å². The predicted molar refractivity (Wildman–Crippen MR) is 74.3 cm³/mol. The van der Waals surface area contributed by atoms with Gasteiger partial charge in [0.05, 0.1) is 16.0 Å². The first-order valence-electron chi connectivity index (χ1n) is 6.32. The second kappa shape index (κ2) is 5.71. The van der Waals surface area contributed by atoms with E-state index in [0.717, 1.165) is 0 Å². The van der Waals surface area contributed by atoms with Crippen molar-refractivity contribution in [2.45, 2.75) is 26.4 Å². The molecule has 1 saturated heterocycles. The maximum Gasteiger partial charge on any atom is 0.264 e. The number of carbonyl (C=O) groups is 2. The van der Waals surface area contributed by atoms with Gasteiger partial charge >= 0.3 is 0 Å². The van der Waals surface area contributed by atoms with Crippen LogP contribution in [0.3, 0.4) is 0 Å². The predicted octanol–water partition coefficient (Wildman–Crippen LogP) is 1.55. The highest BCUT2D eigenvalue weighted by atomic mass is 32.1. The van der Waals surface area contributed by atoms with Crippen LogP contribution in [0.25, 0.3) is 0 Å². The fourth-order valence-electron chi connectivity index (χ4n) is 2.17. The molecule has 2 rings (SSSR count). The van der Waals surface area contributed by atoms with E-state index in [4.69, 9.17) is 0 Å². The van der Waals surface area contributed by atoms with Crippen molar-refractivity contribution in [1.29, 1.82) is 0 Å². The van der Waals surface area contributed by atoms with Crippen molar-refractivity contribution in [1.82, 2.24) is 4.90 Å². The average molecular weight is 282 g/mol. The number of hydrogen-bond donors (Lipinski definition) is 2. The van der Waals surface area contributed by atoms with E-state index in [1.165, 1.54) is 18.3 Å². The molecule has 1 fully saturated rings. The molecule has 2 N–H and O–H groups in total. The highest BCUT2D eigenvalue weighted by Crippen LogP contribution is 2.25. The summed E-state index contributed by atoms with van der Waals surface area (Å²) >= 11 is 1.28. The number of aliphatic hydroxyl groups is 1. The molecule has 0 saturated carbocycles. The number of nitrogens with zero attached hydrogens (tertiary/aromatic N) is 1. The topological polar surface area (TPSA) is 69.6 Å². The molecule has 0 radical (unpaired) electrons. The Morgan fingerprint density at radius 1 is 1.47 bits per heavy atom. The third-order valence-corrected chi connectivity index (χ3v) is 4.25. The molecule has 2 unspecified atom stereocenters. The molecule has 1 aliphatic heterocycles. The summed E-state index contributed by atoms with van der Waals surface area (Å²) in [5.41, 5.74) is 0. The van der Waals surface area contributed by atoms with E-state index in [2.05, 4.69) is 5.32 Å². The highest BCUT2D eigenvalue weighted by molar-refractivity contribution is 7.18. The molecule has 0 spiro atoms. The highest BCUT2D eigenvalue weighted by Gasteiger charge is 2.28. The van der Waals surface area contributed by atoms with Crippen LogP contribution in [0, 0.1) is 5.92 Å². The Hall–Kier alpha value is -1.40. The van der Waals surface area contributed by atoms with E-state index in [0.29, 0.717) is 29.4 Å². The molecular weight excluding hydrogens is 264 g/mol. The van der Waals surface area contributed by atoms with Crippen LogP contribution in [0.5, 0.6) is 0 Å². The van der Waals surface area contributed by atoms with Crippen LogP contribution in [0.1, 0.15) is 29.9 Å². The summed E-state index contributed by atoms with van der Waals surface area (Å²) < 4.78 is 0. The Labute approximate surface area is 116 Å². The van der Waals surface area contributed by atoms with Crippen LogP contribution in [0.15, 0.2) is 12.1 Å². The Bertz CT molecular complexity index is 486. The minimum absolute atomic E-state index is 0.0275. The standard InChI is InChI=1S/C13H18N2O3S/c1-8-7-15(6-5-10(8)17)13(18)11-3-4-12(19-11)14-9(2)16/h3-4,8,10,17H,5-7H2,1-2H3,(H,14,16). The number of nitrogens with one attached hydrogen (secondary N) is 1. The van der Waals surface area contributed by atoms with E-state index in [1.54, 1.807) is 17.0 Å². The summed E-state index contributed by atoms with van der Waals surface area (Å²) in [6, 6.07) is 3.47. The van der Waals surface area contributed by atoms with Gasteiger partial charge in [-0.05, 0) is 24.5 Å². The van der Waals surface area contributed by atoms with Gasteiger partial charge in [0.15, 0.2) is 0 Å². The molecule has 1 aliphatic rings. The van der Waals surface area contributed by atoms with Gasteiger partial charge in [0.2, 0.25) is 5.91 Å². The van der Waals surface area contributed by atoms with E-state index >= 15 is 0 Å². The fourth-order valence-corrected chi connectivity index (χ4v) is 3.09. The zero-order valence-corrected chi connectivity index (χ0v) is 11.9. The number of anilines is 1. The van der Waals surface area contributed by atoms with Gasteiger partial charge in [-0.15, -0.1) is 11.3 Å². The second-order valence-corrected chi connectivity index (χ2v) is 6.01. The largest absolute Gasteiger partial charge is 0.393 e. The van der Waals surface area contributed by atoms with Crippen LogP contribution >= 0.6 is 11.3 Å². The minimum Gasteiger partial charge on any atom is -0.393 e. The van der Waals surface area contributed by atoms with Crippen LogP contribution in [-0.2, 0) is 4.79 Å². The number of piperidine rings is 1. The maximum absolute atomic E-state index is 12.3. The van der Waals surface area contributed by atoms with Crippen molar-refractivity contribution < 1.29 is 14.7 Å². The summed E-state index contributed by atoms with van der Waals surface area (Å²) in [6.07, 6.45) is 0.305. The van der Waals surface area contributed by atoms with Gasteiger partial charge < -0.3 is 15.3 Å². The van der Waals surface area contributed by atoms with Gasteiger partial charge in [0.25, 0.3) is 5.91 Å². The Morgan fingerprint density at radius 3 is 2.84 bits per heavy atom. The molecule has 0 aromatic carbocycles. The van der Waals surface area contributed by atoms with Crippen molar-refractivity contribution in [3.8, 4) is 0 Å². The molecule has 2 heterocycles. The van der Waals surface area contributed by atoms with E-state index in [1.807, 2.05) is 6.92 Å². The first-order chi connectivity index (χ1) is 8.97. The summed E-state index contributed by atoms with van der Waals surface area (Å²) in [5, 5.41) is 13.0.